The molecular weight excluding hydrogens is 398 g/mol. The number of hydrogen-bond donors (Lipinski definition) is 1. The largest absolute Gasteiger partial charge is 0.416 e. The van der Waals surface area contributed by atoms with Gasteiger partial charge in [-0.3, -0.25) is 4.79 Å². The minimum Gasteiger partial charge on any atom is -0.322 e. The monoisotopic (exact) mass is 419 g/mol. The molecule has 28 heavy (non-hydrogen) atoms. The summed E-state index contributed by atoms with van der Waals surface area (Å²) in [5, 5.41) is 9.18. The zero-order valence-corrected chi connectivity index (χ0v) is 15.9. The Morgan fingerprint density at radius 2 is 1.82 bits per heavy atom. The average Bonchev–Trinajstić information content (AvgIpc) is 3.27. The number of carbonyl (C=O) groups excluding carboxylic acids is 1. The topological polar surface area (TPSA) is 70.1 Å². The van der Waals surface area contributed by atoms with Gasteiger partial charge in [0.25, 0.3) is 0 Å². The van der Waals surface area contributed by atoms with Crippen molar-refractivity contribution >= 4 is 18.3 Å². The van der Waals surface area contributed by atoms with E-state index in [1.165, 1.54) is 17.0 Å². The van der Waals surface area contributed by atoms with Gasteiger partial charge in [0, 0.05) is 11.8 Å². The van der Waals surface area contributed by atoms with Crippen LogP contribution in [0.15, 0.2) is 24.3 Å². The van der Waals surface area contributed by atoms with Gasteiger partial charge in [-0.05, 0) is 30.5 Å². The Balaban J connectivity index is 0.00000280. The second-order valence-corrected chi connectivity index (χ2v) is 7.38. The maximum Gasteiger partial charge on any atom is 0.416 e. The van der Waals surface area contributed by atoms with Crippen LogP contribution < -0.4 is 5.73 Å². The number of nitrogens with two attached hydrogens (primary N) is 1. The van der Waals surface area contributed by atoms with E-state index in [2.05, 4.69) is 0 Å². The van der Waals surface area contributed by atoms with Crippen molar-refractivity contribution in [3.05, 3.63) is 35.4 Å². The predicted molar refractivity (Wildman–Crippen MR) is 97.4 cm³/mol. The Morgan fingerprint density at radius 3 is 2.32 bits per heavy atom. The number of nitriles is 1. The Morgan fingerprint density at radius 1 is 1.25 bits per heavy atom. The van der Waals surface area contributed by atoms with E-state index in [4.69, 9.17) is 5.73 Å². The van der Waals surface area contributed by atoms with Crippen molar-refractivity contribution in [1.29, 1.82) is 5.26 Å². The third kappa shape index (κ3) is 3.96. The van der Waals surface area contributed by atoms with E-state index >= 15 is 0 Å². The third-order valence-electron chi connectivity index (χ3n) is 5.83. The highest BCUT2D eigenvalue weighted by atomic mass is 35.5. The lowest BCUT2D eigenvalue weighted by Gasteiger charge is -2.37. The molecule has 1 aliphatic heterocycles. The summed E-state index contributed by atoms with van der Waals surface area (Å²) in [6.07, 6.45) is -3.01. The highest BCUT2D eigenvalue weighted by molar-refractivity contribution is 5.85. The second-order valence-electron chi connectivity index (χ2n) is 7.38. The van der Waals surface area contributed by atoms with Crippen LogP contribution in [0.4, 0.5) is 17.6 Å². The Kier molecular flexibility index (Phi) is 6.62. The molecule has 0 spiro atoms. The molecular formula is C19H22ClF4N3O. The molecule has 3 atom stereocenters. The van der Waals surface area contributed by atoms with Gasteiger partial charge in [0.1, 0.15) is 12.2 Å². The SMILES string of the molecule is Cl.N#CC1CC(F)CN1C(=O)C(N)C1(c2ccc(C(F)(F)F)cc2)CCCC1. The van der Waals surface area contributed by atoms with Crippen molar-refractivity contribution in [2.45, 2.75) is 62.0 Å². The van der Waals surface area contributed by atoms with Crippen LogP contribution in [0.2, 0.25) is 0 Å². The van der Waals surface area contributed by atoms with Crippen molar-refractivity contribution in [3.63, 3.8) is 0 Å². The number of nitrogens with zero attached hydrogens (tertiary/aromatic N) is 2. The predicted octanol–water partition coefficient (Wildman–Crippen LogP) is 3.73. The van der Waals surface area contributed by atoms with E-state index in [-0.39, 0.29) is 25.4 Å². The molecule has 3 unspecified atom stereocenters. The molecule has 3 rings (SSSR count). The van der Waals surface area contributed by atoms with Crippen molar-refractivity contribution in [3.8, 4) is 6.07 Å². The van der Waals surface area contributed by atoms with Gasteiger partial charge in [0.05, 0.1) is 24.2 Å². The van der Waals surface area contributed by atoms with Gasteiger partial charge < -0.3 is 10.6 Å². The molecule has 1 saturated heterocycles. The first-order valence-electron chi connectivity index (χ1n) is 8.96. The van der Waals surface area contributed by atoms with Gasteiger partial charge >= 0.3 is 6.18 Å². The second kappa shape index (κ2) is 8.26. The number of alkyl halides is 4. The number of amides is 1. The average molecular weight is 420 g/mol. The minimum atomic E-state index is -4.44. The molecule has 4 nitrogen and oxygen atoms in total. The highest BCUT2D eigenvalue weighted by Crippen LogP contribution is 2.44. The number of likely N-dealkylation sites (tertiary alicyclic amines) is 1. The number of rotatable bonds is 3. The lowest BCUT2D eigenvalue weighted by atomic mass is 9.72. The number of halogens is 5. The molecule has 9 heteroatoms. The zero-order chi connectivity index (χ0) is 19.8. The molecule has 1 heterocycles. The maximum atomic E-state index is 13.7. The van der Waals surface area contributed by atoms with Crippen LogP contribution >= 0.6 is 12.4 Å². The first-order chi connectivity index (χ1) is 12.7. The van der Waals surface area contributed by atoms with Gasteiger partial charge in [-0.1, -0.05) is 25.0 Å². The van der Waals surface area contributed by atoms with E-state index in [1.807, 2.05) is 6.07 Å². The molecule has 154 valence electrons. The zero-order valence-electron chi connectivity index (χ0n) is 15.1. The van der Waals surface area contributed by atoms with Crippen LogP contribution in [0.1, 0.15) is 43.2 Å². The minimum absolute atomic E-state index is 0. The van der Waals surface area contributed by atoms with Crippen LogP contribution in [0, 0.1) is 11.3 Å². The van der Waals surface area contributed by atoms with Crippen LogP contribution in [0.25, 0.3) is 0 Å². The van der Waals surface area contributed by atoms with Crippen molar-refractivity contribution in [1.82, 2.24) is 4.90 Å². The van der Waals surface area contributed by atoms with Crippen LogP contribution in [0.5, 0.6) is 0 Å². The summed E-state index contributed by atoms with van der Waals surface area (Å²) >= 11 is 0. The molecule has 0 radical (unpaired) electrons. The molecule has 0 aromatic heterocycles. The van der Waals surface area contributed by atoms with E-state index < -0.39 is 41.3 Å². The lowest BCUT2D eigenvalue weighted by molar-refractivity contribution is -0.138. The van der Waals surface area contributed by atoms with Crippen LogP contribution in [-0.2, 0) is 16.4 Å². The first-order valence-corrected chi connectivity index (χ1v) is 8.96. The molecule has 2 N–H and O–H groups in total. The standard InChI is InChI=1S/C19H21F4N3O.ClH/c20-14-9-15(10-24)26(11-14)17(27)16(25)18(7-1-2-8-18)12-3-5-13(6-4-12)19(21,22)23;/h3-6,14-16H,1-2,7-9,11,25H2;1H. The third-order valence-corrected chi connectivity index (χ3v) is 5.83. The fraction of sp³-hybridized carbons (Fsp3) is 0.579. The Labute approximate surface area is 167 Å². The van der Waals surface area contributed by atoms with Gasteiger partial charge in [-0.25, -0.2) is 4.39 Å². The van der Waals surface area contributed by atoms with E-state index in [1.54, 1.807) is 0 Å². The molecule has 0 bridgehead atoms. The van der Waals surface area contributed by atoms with Gasteiger partial charge in [0.15, 0.2) is 0 Å². The molecule has 2 aliphatic rings. The van der Waals surface area contributed by atoms with Crippen LogP contribution in [-0.4, -0.2) is 35.6 Å². The number of benzene rings is 1. The molecule has 1 aliphatic carbocycles. The van der Waals surface area contributed by atoms with Gasteiger partial charge in [0.2, 0.25) is 5.91 Å². The maximum absolute atomic E-state index is 13.7. The molecule has 1 aromatic rings. The fourth-order valence-corrected chi connectivity index (χ4v) is 4.34. The molecule has 1 aromatic carbocycles. The summed E-state index contributed by atoms with van der Waals surface area (Å²) in [7, 11) is 0. The van der Waals surface area contributed by atoms with Crippen molar-refractivity contribution < 1.29 is 22.4 Å². The van der Waals surface area contributed by atoms with E-state index in [0.717, 1.165) is 25.0 Å². The summed E-state index contributed by atoms with van der Waals surface area (Å²) in [6.45, 7) is -0.173. The number of carbonyl (C=O) groups is 1. The van der Waals surface area contributed by atoms with Crippen LogP contribution in [0.3, 0.4) is 0 Å². The van der Waals surface area contributed by atoms with E-state index in [9.17, 15) is 27.6 Å². The summed E-state index contributed by atoms with van der Waals surface area (Å²) < 4.78 is 52.2. The summed E-state index contributed by atoms with van der Waals surface area (Å²) in [6, 6.07) is 4.80. The first kappa shape index (κ1) is 22.4. The van der Waals surface area contributed by atoms with Crippen molar-refractivity contribution in [2.75, 3.05) is 6.54 Å². The smallest absolute Gasteiger partial charge is 0.322 e. The van der Waals surface area contributed by atoms with Gasteiger partial charge in [-0.15, -0.1) is 12.4 Å². The fourth-order valence-electron chi connectivity index (χ4n) is 4.34. The van der Waals surface area contributed by atoms with E-state index in [0.29, 0.717) is 18.4 Å². The molecule has 1 saturated carbocycles. The summed E-state index contributed by atoms with van der Waals surface area (Å²) in [5.41, 5.74) is 5.34. The lowest BCUT2D eigenvalue weighted by Crippen LogP contribution is -2.55. The summed E-state index contributed by atoms with van der Waals surface area (Å²) in [4.78, 5) is 14.1. The summed E-state index contributed by atoms with van der Waals surface area (Å²) in [5.74, 6) is -0.511. The van der Waals surface area contributed by atoms with Crippen molar-refractivity contribution in [2.24, 2.45) is 5.73 Å². The molecule has 1 amide bonds. The van der Waals surface area contributed by atoms with Gasteiger partial charge in [-0.2, -0.15) is 18.4 Å². The Bertz CT molecular complexity index is 741. The Hall–Kier alpha value is -1.85. The number of hydrogen-bond acceptors (Lipinski definition) is 3. The quantitative estimate of drug-likeness (QED) is 0.759. The highest BCUT2D eigenvalue weighted by Gasteiger charge is 2.48. The normalized spacial score (nSPS) is 25.1. The molecule has 2 fully saturated rings.